The number of alkyl halides is 3. The fourth-order valence-electron chi connectivity index (χ4n) is 2.36. The molecule has 1 aliphatic heterocycles. The molecule has 0 bridgehead atoms. The molecule has 3 nitrogen and oxygen atoms in total. The number of hydrogen-bond acceptors (Lipinski definition) is 2. The zero-order valence-electron chi connectivity index (χ0n) is 10.5. The zero-order chi connectivity index (χ0) is 14.0. The van der Waals surface area contributed by atoms with Crippen molar-refractivity contribution in [1.29, 1.82) is 0 Å². The van der Waals surface area contributed by atoms with Crippen LogP contribution in [-0.4, -0.2) is 23.7 Å². The van der Waals surface area contributed by atoms with E-state index in [1.807, 2.05) is 0 Å². The molecule has 1 saturated heterocycles. The Morgan fingerprint density at radius 1 is 1.40 bits per heavy atom. The molecule has 112 valence electrons. The van der Waals surface area contributed by atoms with Crippen LogP contribution in [0.15, 0.2) is 24.3 Å². The highest BCUT2D eigenvalue weighted by Crippen LogP contribution is 2.30. The highest BCUT2D eigenvalue weighted by atomic mass is 35.5. The van der Waals surface area contributed by atoms with E-state index in [9.17, 15) is 18.0 Å². The molecule has 0 saturated carbocycles. The van der Waals surface area contributed by atoms with Gasteiger partial charge >= 0.3 is 12.1 Å². The lowest BCUT2D eigenvalue weighted by Gasteiger charge is -2.11. The summed E-state index contributed by atoms with van der Waals surface area (Å²) in [6.45, 7) is 0.521. The zero-order valence-corrected chi connectivity index (χ0v) is 11.3. The Labute approximate surface area is 120 Å². The van der Waals surface area contributed by atoms with E-state index in [1.54, 1.807) is 6.07 Å². The Morgan fingerprint density at radius 2 is 2.10 bits per heavy atom. The molecule has 0 radical (unpaired) electrons. The maximum Gasteiger partial charge on any atom is 0.416 e. The van der Waals surface area contributed by atoms with Gasteiger partial charge in [-0.1, -0.05) is 18.2 Å². The van der Waals surface area contributed by atoms with E-state index in [1.165, 1.54) is 6.07 Å². The van der Waals surface area contributed by atoms with E-state index in [0.29, 0.717) is 24.9 Å². The SMILES string of the molecule is Cl.O=C(O)C1CC(Cc2cccc(C(F)(F)F)c2)CN1. The van der Waals surface area contributed by atoms with Gasteiger partial charge in [-0.15, -0.1) is 12.4 Å². The second-order valence-corrected chi connectivity index (χ2v) is 4.80. The van der Waals surface area contributed by atoms with Gasteiger partial charge in [0.15, 0.2) is 0 Å². The topological polar surface area (TPSA) is 49.3 Å². The molecule has 0 amide bonds. The van der Waals surface area contributed by atoms with E-state index < -0.39 is 23.8 Å². The number of carboxylic acid groups (broad SMARTS) is 1. The van der Waals surface area contributed by atoms with Crippen LogP contribution in [0, 0.1) is 5.92 Å². The molecule has 2 unspecified atom stereocenters. The van der Waals surface area contributed by atoms with Gasteiger partial charge in [0.1, 0.15) is 6.04 Å². The van der Waals surface area contributed by atoms with E-state index in [-0.39, 0.29) is 18.3 Å². The van der Waals surface area contributed by atoms with Gasteiger partial charge in [-0.25, -0.2) is 0 Å². The number of aliphatic carboxylic acids is 1. The van der Waals surface area contributed by atoms with Crippen LogP contribution in [-0.2, 0) is 17.4 Å². The quantitative estimate of drug-likeness (QED) is 0.902. The average molecular weight is 310 g/mol. The van der Waals surface area contributed by atoms with Crippen LogP contribution < -0.4 is 5.32 Å². The normalized spacial score (nSPS) is 22.4. The van der Waals surface area contributed by atoms with Gasteiger partial charge < -0.3 is 10.4 Å². The predicted octanol–water partition coefficient (Wildman–Crippen LogP) is 2.73. The third-order valence-electron chi connectivity index (χ3n) is 3.30. The van der Waals surface area contributed by atoms with Gasteiger partial charge in [0.2, 0.25) is 0 Å². The van der Waals surface area contributed by atoms with Gasteiger partial charge in [-0.05, 0) is 36.9 Å². The highest BCUT2D eigenvalue weighted by molar-refractivity contribution is 5.85. The summed E-state index contributed by atoms with van der Waals surface area (Å²) in [5, 5.41) is 11.7. The lowest BCUT2D eigenvalue weighted by atomic mass is 9.95. The molecular weight excluding hydrogens is 295 g/mol. The second kappa shape index (κ2) is 6.45. The monoisotopic (exact) mass is 309 g/mol. The van der Waals surface area contributed by atoms with Crippen molar-refractivity contribution in [3.8, 4) is 0 Å². The molecule has 20 heavy (non-hydrogen) atoms. The molecule has 0 aliphatic carbocycles. The van der Waals surface area contributed by atoms with Crippen molar-refractivity contribution >= 4 is 18.4 Å². The number of nitrogens with one attached hydrogen (secondary N) is 1. The fourth-order valence-corrected chi connectivity index (χ4v) is 2.36. The first-order valence-electron chi connectivity index (χ1n) is 5.98. The maximum atomic E-state index is 12.6. The Balaban J connectivity index is 0.00000200. The smallest absolute Gasteiger partial charge is 0.416 e. The molecule has 1 fully saturated rings. The van der Waals surface area contributed by atoms with Crippen LogP contribution >= 0.6 is 12.4 Å². The summed E-state index contributed by atoms with van der Waals surface area (Å²) in [4.78, 5) is 10.8. The molecule has 0 aromatic heterocycles. The standard InChI is InChI=1S/C13H14F3NO2.ClH/c14-13(15,16)10-3-1-2-8(5-10)4-9-6-11(12(18)19)17-7-9;/h1-3,5,9,11,17H,4,6-7H2,(H,18,19);1H. The number of rotatable bonds is 3. The number of benzene rings is 1. The third kappa shape index (κ3) is 4.11. The van der Waals surface area contributed by atoms with Crippen molar-refractivity contribution in [2.75, 3.05) is 6.54 Å². The molecule has 7 heteroatoms. The Hall–Kier alpha value is -1.27. The number of halogens is 4. The van der Waals surface area contributed by atoms with E-state index in [2.05, 4.69) is 5.32 Å². The predicted molar refractivity (Wildman–Crippen MR) is 69.9 cm³/mol. The fraction of sp³-hybridized carbons (Fsp3) is 0.462. The molecule has 1 aliphatic rings. The molecule has 2 atom stereocenters. The number of carbonyl (C=O) groups is 1. The molecule has 1 aromatic rings. The van der Waals surface area contributed by atoms with Crippen LogP contribution in [0.5, 0.6) is 0 Å². The number of carboxylic acids is 1. The highest BCUT2D eigenvalue weighted by Gasteiger charge is 2.32. The lowest BCUT2D eigenvalue weighted by Crippen LogP contribution is -2.29. The third-order valence-corrected chi connectivity index (χ3v) is 3.30. The molecule has 2 rings (SSSR count). The average Bonchev–Trinajstić information content (AvgIpc) is 2.77. The van der Waals surface area contributed by atoms with Crippen molar-refractivity contribution < 1.29 is 23.1 Å². The van der Waals surface area contributed by atoms with Crippen molar-refractivity contribution in [2.24, 2.45) is 5.92 Å². The molecule has 1 aromatic carbocycles. The van der Waals surface area contributed by atoms with Crippen LogP contribution in [0.25, 0.3) is 0 Å². The largest absolute Gasteiger partial charge is 0.480 e. The molecule has 0 spiro atoms. The van der Waals surface area contributed by atoms with E-state index in [0.717, 1.165) is 12.1 Å². The van der Waals surface area contributed by atoms with Gasteiger partial charge in [0, 0.05) is 0 Å². The minimum absolute atomic E-state index is 0. The van der Waals surface area contributed by atoms with Crippen molar-refractivity contribution in [2.45, 2.75) is 25.1 Å². The van der Waals surface area contributed by atoms with Crippen molar-refractivity contribution in [3.63, 3.8) is 0 Å². The van der Waals surface area contributed by atoms with E-state index >= 15 is 0 Å². The first kappa shape index (κ1) is 16.8. The summed E-state index contributed by atoms with van der Waals surface area (Å²) in [7, 11) is 0. The molecule has 2 N–H and O–H groups in total. The molecular formula is C13H15ClF3NO2. The van der Waals surface area contributed by atoms with Gasteiger partial charge in [-0.3, -0.25) is 4.79 Å². The van der Waals surface area contributed by atoms with Crippen molar-refractivity contribution in [3.05, 3.63) is 35.4 Å². The Morgan fingerprint density at radius 3 is 2.65 bits per heavy atom. The van der Waals surface area contributed by atoms with Gasteiger partial charge in [0.05, 0.1) is 5.56 Å². The second-order valence-electron chi connectivity index (χ2n) is 4.80. The maximum absolute atomic E-state index is 12.6. The summed E-state index contributed by atoms with van der Waals surface area (Å²) in [6.07, 6.45) is -3.43. The summed E-state index contributed by atoms with van der Waals surface area (Å²) in [6, 6.07) is 4.61. The first-order valence-corrected chi connectivity index (χ1v) is 5.98. The van der Waals surface area contributed by atoms with Crippen LogP contribution in [0.4, 0.5) is 13.2 Å². The minimum Gasteiger partial charge on any atom is -0.480 e. The van der Waals surface area contributed by atoms with Crippen LogP contribution in [0.1, 0.15) is 17.5 Å². The molecule has 1 heterocycles. The minimum atomic E-state index is -4.34. The van der Waals surface area contributed by atoms with Crippen LogP contribution in [0.2, 0.25) is 0 Å². The Kier molecular flexibility index (Phi) is 5.42. The van der Waals surface area contributed by atoms with Crippen LogP contribution in [0.3, 0.4) is 0 Å². The van der Waals surface area contributed by atoms with Gasteiger partial charge in [-0.2, -0.15) is 13.2 Å². The first-order chi connectivity index (χ1) is 8.86. The summed E-state index contributed by atoms with van der Waals surface area (Å²) < 4.78 is 37.7. The van der Waals surface area contributed by atoms with Crippen molar-refractivity contribution in [1.82, 2.24) is 5.32 Å². The Bertz CT molecular complexity index is 479. The van der Waals surface area contributed by atoms with E-state index in [4.69, 9.17) is 5.11 Å². The summed E-state index contributed by atoms with van der Waals surface area (Å²) >= 11 is 0. The van der Waals surface area contributed by atoms with Gasteiger partial charge in [0.25, 0.3) is 0 Å². The summed E-state index contributed by atoms with van der Waals surface area (Å²) in [5.41, 5.74) is -0.0709. The lowest BCUT2D eigenvalue weighted by molar-refractivity contribution is -0.139. The number of hydrogen-bond donors (Lipinski definition) is 2. The summed E-state index contributed by atoms with van der Waals surface area (Å²) in [5.74, 6) is -0.851.